The van der Waals surface area contributed by atoms with E-state index in [2.05, 4.69) is 20.1 Å². The first-order valence-corrected chi connectivity index (χ1v) is 14.2. The Bertz CT molecular complexity index is 1830. The highest BCUT2D eigenvalue weighted by Crippen LogP contribution is 2.46. The zero-order valence-electron chi connectivity index (χ0n) is 21.2. The number of pyridine rings is 1. The largest absolute Gasteiger partial charge is 0.315 e. The second kappa shape index (κ2) is 9.58. The van der Waals surface area contributed by atoms with Crippen LogP contribution in [0.3, 0.4) is 0 Å². The van der Waals surface area contributed by atoms with Gasteiger partial charge in [0.2, 0.25) is 10.9 Å². The number of fused-ring (bicyclic) bond motifs is 1. The van der Waals surface area contributed by atoms with E-state index >= 15 is 0 Å². The molecule has 2 aromatic carbocycles. The number of hydrogen-bond acceptors (Lipinski definition) is 6. The Labute approximate surface area is 230 Å². The van der Waals surface area contributed by atoms with Crippen LogP contribution < -0.4 is 10.0 Å². The van der Waals surface area contributed by atoms with Crippen molar-refractivity contribution in [3.8, 4) is 28.1 Å². The van der Waals surface area contributed by atoms with Gasteiger partial charge in [-0.05, 0) is 73.3 Å². The molecule has 1 saturated carbocycles. The molecule has 2 fully saturated rings. The normalized spacial score (nSPS) is 18.1. The van der Waals surface area contributed by atoms with Crippen molar-refractivity contribution in [2.75, 3.05) is 13.1 Å². The fraction of sp³-hybridized carbons (Fsp3) is 0.250. The molecule has 40 heavy (non-hydrogen) atoms. The van der Waals surface area contributed by atoms with Gasteiger partial charge in [0, 0.05) is 29.9 Å². The fourth-order valence-corrected chi connectivity index (χ4v) is 6.10. The predicted molar refractivity (Wildman–Crippen MR) is 146 cm³/mol. The maximum Gasteiger partial charge on any atom is 0.202 e. The summed E-state index contributed by atoms with van der Waals surface area (Å²) in [6.45, 7) is 1.89. The van der Waals surface area contributed by atoms with Gasteiger partial charge >= 0.3 is 0 Å². The van der Waals surface area contributed by atoms with Crippen molar-refractivity contribution in [3.05, 3.63) is 84.6 Å². The van der Waals surface area contributed by atoms with E-state index in [1.807, 2.05) is 35.3 Å². The molecule has 1 atom stereocenters. The van der Waals surface area contributed by atoms with Crippen molar-refractivity contribution in [1.29, 1.82) is 0 Å². The molecule has 0 amide bonds. The van der Waals surface area contributed by atoms with Crippen molar-refractivity contribution >= 4 is 21.9 Å². The molecule has 9 nitrogen and oxygen atoms in total. The van der Waals surface area contributed by atoms with E-state index in [1.165, 1.54) is 12.1 Å². The Kier molecular flexibility index (Phi) is 5.99. The molecule has 4 heterocycles. The summed E-state index contributed by atoms with van der Waals surface area (Å²) in [5, 5.41) is 7.91. The molecule has 0 bridgehead atoms. The van der Waals surface area contributed by atoms with Gasteiger partial charge in [0.25, 0.3) is 0 Å². The van der Waals surface area contributed by atoms with Crippen LogP contribution in [-0.4, -0.2) is 45.8 Å². The van der Waals surface area contributed by atoms with Gasteiger partial charge in [0.15, 0.2) is 0 Å². The lowest BCUT2D eigenvalue weighted by Crippen LogP contribution is -2.28. The lowest BCUT2D eigenvalue weighted by Gasteiger charge is -2.17. The highest BCUT2D eigenvalue weighted by atomic mass is 32.2. The van der Waals surface area contributed by atoms with Crippen LogP contribution in [0.1, 0.15) is 31.0 Å². The average molecular weight is 562 g/mol. The van der Waals surface area contributed by atoms with Crippen LogP contribution in [-0.2, 0) is 16.4 Å². The summed E-state index contributed by atoms with van der Waals surface area (Å²) in [6.07, 6.45) is 7.72. The maximum absolute atomic E-state index is 14.8. The van der Waals surface area contributed by atoms with Crippen LogP contribution >= 0.6 is 0 Å². The monoisotopic (exact) mass is 561 g/mol. The van der Waals surface area contributed by atoms with E-state index < -0.39 is 28.1 Å². The molecule has 204 valence electrons. The van der Waals surface area contributed by atoms with Crippen molar-refractivity contribution in [2.45, 2.75) is 30.8 Å². The second-order valence-electron chi connectivity index (χ2n) is 10.3. The Morgan fingerprint density at radius 1 is 1.02 bits per heavy atom. The Hall–Kier alpha value is -4.00. The molecule has 12 heteroatoms. The molecule has 5 aromatic rings. The number of benzene rings is 2. The van der Waals surface area contributed by atoms with Crippen LogP contribution in [0, 0.1) is 11.6 Å². The second-order valence-corrected chi connectivity index (χ2v) is 11.1. The van der Waals surface area contributed by atoms with E-state index in [0.29, 0.717) is 36.0 Å². The highest BCUT2D eigenvalue weighted by Gasteiger charge is 2.47. The smallest absolute Gasteiger partial charge is 0.202 e. The molecule has 1 saturated heterocycles. The van der Waals surface area contributed by atoms with Gasteiger partial charge < -0.3 is 5.32 Å². The number of halogens is 2. The number of rotatable bonds is 7. The minimum atomic E-state index is -2.88. The van der Waals surface area contributed by atoms with Gasteiger partial charge in [-0.3, -0.25) is 9.25 Å². The highest BCUT2D eigenvalue weighted by molar-refractivity contribution is 7.70. The fourth-order valence-electron chi connectivity index (χ4n) is 5.42. The molecule has 7 rings (SSSR count). The minimum absolute atomic E-state index is 0.190. The van der Waals surface area contributed by atoms with E-state index in [4.69, 9.17) is 4.98 Å². The molecular formula is C28H25F2N7O2S. The molecule has 1 unspecified atom stereocenters. The first-order valence-electron chi connectivity index (χ1n) is 13.0. The van der Waals surface area contributed by atoms with E-state index in [1.54, 1.807) is 23.0 Å². The molecule has 1 aliphatic heterocycles. The molecular weight excluding hydrogens is 536 g/mol. The zero-order chi connectivity index (χ0) is 27.4. The number of hydrogen-bond donors (Lipinski definition) is 3. The van der Waals surface area contributed by atoms with E-state index in [9.17, 15) is 17.2 Å². The summed E-state index contributed by atoms with van der Waals surface area (Å²) in [4.78, 5) is 9.39. The molecule has 2 N–H and O–H groups in total. The van der Waals surface area contributed by atoms with Gasteiger partial charge in [-0.25, -0.2) is 31.9 Å². The van der Waals surface area contributed by atoms with Crippen LogP contribution in [0.15, 0.2) is 67.3 Å². The third kappa shape index (κ3) is 4.47. The van der Waals surface area contributed by atoms with Gasteiger partial charge in [-0.15, -0.1) is 0 Å². The predicted octanol–water partition coefficient (Wildman–Crippen LogP) is 3.87. The van der Waals surface area contributed by atoms with Gasteiger partial charge in [-0.2, -0.15) is 5.10 Å². The number of thiol groups is 1. The standard InChI is InChI=1S/C28H25F2N7O2S/c29-20-2-3-22(23(30)12-20)18-10-26(28(6-7-28)35-40(38)39)34-27(11-18)36-16-32-24-9-17(1-4-25(24)36)19-13-33-37(15-19)21-5-8-31-14-21/h1-4,9-13,15-16,21,31,40H,5-8,14H2,(H,35,38,39). The SMILES string of the molecule is O=[SH](=O)NC1(c2cc(-c3ccc(F)cc3F)cc(-n3cnc4cc(-c5cnn(C6CCNC6)c5)ccc43)n2)CC1. The number of aromatic nitrogens is 5. The van der Waals surface area contributed by atoms with Crippen molar-refractivity contribution in [1.82, 2.24) is 34.4 Å². The summed E-state index contributed by atoms with van der Waals surface area (Å²) in [5.74, 6) is -0.951. The van der Waals surface area contributed by atoms with Crippen molar-refractivity contribution in [3.63, 3.8) is 0 Å². The Balaban J connectivity index is 1.31. The van der Waals surface area contributed by atoms with Crippen molar-refractivity contribution in [2.24, 2.45) is 0 Å². The summed E-state index contributed by atoms with van der Waals surface area (Å²) >= 11 is 0. The summed E-state index contributed by atoms with van der Waals surface area (Å²) in [5.41, 5.74) is 3.74. The van der Waals surface area contributed by atoms with E-state index in [-0.39, 0.29) is 5.56 Å². The molecule has 0 radical (unpaired) electrons. The topological polar surface area (TPSA) is 107 Å². The van der Waals surface area contributed by atoms with Crippen LogP contribution in [0.4, 0.5) is 8.78 Å². The third-order valence-corrected chi connectivity index (χ3v) is 8.35. The molecule has 0 spiro atoms. The van der Waals surface area contributed by atoms with Gasteiger partial charge in [0.05, 0.1) is 34.5 Å². The average Bonchev–Trinajstić information content (AvgIpc) is 3.35. The quantitative estimate of drug-likeness (QED) is 0.261. The van der Waals surface area contributed by atoms with Crippen molar-refractivity contribution < 1.29 is 17.2 Å². The summed E-state index contributed by atoms with van der Waals surface area (Å²) in [6, 6.07) is 13.0. The lowest BCUT2D eigenvalue weighted by molar-refractivity contribution is 0.491. The van der Waals surface area contributed by atoms with E-state index in [0.717, 1.165) is 47.7 Å². The first-order chi connectivity index (χ1) is 19.4. The Morgan fingerprint density at radius 3 is 2.65 bits per heavy atom. The minimum Gasteiger partial charge on any atom is -0.315 e. The first kappa shape index (κ1) is 25.0. The van der Waals surface area contributed by atoms with Crippen LogP contribution in [0.25, 0.3) is 39.1 Å². The van der Waals surface area contributed by atoms with Gasteiger partial charge in [-0.1, -0.05) is 6.07 Å². The lowest BCUT2D eigenvalue weighted by atomic mass is 10.0. The maximum atomic E-state index is 14.8. The van der Waals surface area contributed by atoms with Crippen LogP contribution in [0.2, 0.25) is 0 Å². The zero-order valence-corrected chi connectivity index (χ0v) is 22.1. The molecule has 1 aliphatic carbocycles. The third-order valence-electron chi connectivity index (χ3n) is 7.74. The summed E-state index contributed by atoms with van der Waals surface area (Å²) < 4.78 is 58.0. The number of nitrogens with one attached hydrogen (secondary N) is 2. The van der Waals surface area contributed by atoms with Gasteiger partial charge in [0.1, 0.15) is 23.8 Å². The Morgan fingerprint density at radius 2 is 1.90 bits per heavy atom. The van der Waals surface area contributed by atoms with Crippen LogP contribution in [0.5, 0.6) is 0 Å². The number of nitrogens with zero attached hydrogens (tertiary/aromatic N) is 5. The number of imidazole rings is 1. The molecule has 2 aliphatic rings. The molecule has 3 aromatic heterocycles. The summed E-state index contributed by atoms with van der Waals surface area (Å²) in [7, 11) is -2.88.